The Morgan fingerprint density at radius 3 is 2.68 bits per heavy atom. The molecule has 2 aromatic rings. The number of pyridine rings is 1. The lowest BCUT2D eigenvalue weighted by Crippen LogP contribution is -2.08. The van der Waals surface area contributed by atoms with Gasteiger partial charge in [-0.15, -0.1) is 0 Å². The molecule has 1 aromatic carbocycles. The standard InChI is InChI=1S/C14H12ClN3O/c15-11-7-8-17-13(9-11)18-14(19)6-3-10-1-4-12(16)5-2-10/h1-9H,16H2,(H,17,18,19)/b6-3+. The second-order valence-electron chi connectivity index (χ2n) is 3.85. The molecule has 1 amide bonds. The number of carbonyl (C=O) groups excluding carboxylic acids is 1. The molecule has 0 radical (unpaired) electrons. The van der Waals surface area contributed by atoms with Crippen LogP contribution in [0.15, 0.2) is 48.7 Å². The van der Waals surface area contributed by atoms with Crippen molar-refractivity contribution >= 4 is 35.1 Å². The molecular formula is C14H12ClN3O. The van der Waals surface area contributed by atoms with Gasteiger partial charge in [-0.25, -0.2) is 4.98 Å². The maximum absolute atomic E-state index is 11.7. The number of rotatable bonds is 3. The molecule has 0 aliphatic carbocycles. The fraction of sp³-hybridized carbons (Fsp3) is 0. The first-order valence-corrected chi connectivity index (χ1v) is 5.97. The van der Waals surface area contributed by atoms with Crippen LogP contribution in [0, 0.1) is 0 Å². The molecule has 0 bridgehead atoms. The molecule has 0 aliphatic heterocycles. The van der Waals surface area contributed by atoms with Crippen molar-refractivity contribution in [1.82, 2.24) is 4.98 Å². The molecule has 19 heavy (non-hydrogen) atoms. The van der Waals surface area contributed by atoms with Crippen LogP contribution in [0.5, 0.6) is 0 Å². The van der Waals surface area contributed by atoms with E-state index in [0.29, 0.717) is 16.5 Å². The summed E-state index contributed by atoms with van der Waals surface area (Å²) < 4.78 is 0. The van der Waals surface area contributed by atoms with Crippen molar-refractivity contribution < 1.29 is 4.79 Å². The number of benzene rings is 1. The first-order chi connectivity index (χ1) is 9.13. The topological polar surface area (TPSA) is 68.0 Å². The molecule has 0 saturated heterocycles. The van der Waals surface area contributed by atoms with Crippen LogP contribution >= 0.6 is 11.6 Å². The van der Waals surface area contributed by atoms with Crippen LogP contribution in [-0.4, -0.2) is 10.9 Å². The lowest BCUT2D eigenvalue weighted by Gasteiger charge is -2.00. The molecule has 1 aromatic heterocycles. The zero-order valence-electron chi connectivity index (χ0n) is 10.0. The number of anilines is 2. The van der Waals surface area contributed by atoms with Crippen LogP contribution in [0.3, 0.4) is 0 Å². The lowest BCUT2D eigenvalue weighted by atomic mass is 10.2. The van der Waals surface area contributed by atoms with E-state index < -0.39 is 0 Å². The van der Waals surface area contributed by atoms with E-state index in [2.05, 4.69) is 10.3 Å². The molecule has 0 unspecified atom stereocenters. The van der Waals surface area contributed by atoms with Gasteiger partial charge in [0.25, 0.3) is 0 Å². The summed E-state index contributed by atoms with van der Waals surface area (Å²) in [4.78, 5) is 15.6. The SMILES string of the molecule is Nc1ccc(/C=C/C(=O)Nc2cc(Cl)ccn2)cc1. The summed E-state index contributed by atoms with van der Waals surface area (Å²) >= 11 is 5.79. The first kappa shape index (κ1) is 13.1. The summed E-state index contributed by atoms with van der Waals surface area (Å²) in [6, 6.07) is 10.4. The van der Waals surface area contributed by atoms with E-state index in [1.54, 1.807) is 30.3 Å². The number of amides is 1. The Morgan fingerprint density at radius 1 is 1.26 bits per heavy atom. The van der Waals surface area contributed by atoms with Gasteiger partial charge in [0, 0.05) is 23.0 Å². The molecule has 5 heteroatoms. The highest BCUT2D eigenvalue weighted by molar-refractivity contribution is 6.30. The van der Waals surface area contributed by atoms with Crippen LogP contribution in [0.1, 0.15) is 5.56 Å². The molecule has 96 valence electrons. The number of nitrogens with one attached hydrogen (secondary N) is 1. The van der Waals surface area contributed by atoms with Gasteiger partial charge < -0.3 is 11.1 Å². The minimum absolute atomic E-state index is 0.272. The fourth-order valence-corrected chi connectivity index (χ4v) is 1.58. The van der Waals surface area contributed by atoms with E-state index in [1.165, 1.54) is 12.3 Å². The van der Waals surface area contributed by atoms with Crippen LogP contribution < -0.4 is 11.1 Å². The summed E-state index contributed by atoms with van der Waals surface area (Å²) in [6.07, 6.45) is 4.65. The number of hydrogen-bond donors (Lipinski definition) is 2. The van der Waals surface area contributed by atoms with Gasteiger partial charge in [0.1, 0.15) is 5.82 Å². The predicted octanol–water partition coefficient (Wildman–Crippen LogP) is 2.97. The quantitative estimate of drug-likeness (QED) is 0.667. The molecule has 0 saturated carbocycles. The summed E-state index contributed by atoms with van der Waals surface area (Å²) in [5.41, 5.74) is 7.15. The third kappa shape index (κ3) is 4.12. The normalized spacial score (nSPS) is 10.6. The second-order valence-corrected chi connectivity index (χ2v) is 4.28. The molecule has 3 N–H and O–H groups in total. The maximum atomic E-state index is 11.7. The highest BCUT2D eigenvalue weighted by atomic mass is 35.5. The molecular weight excluding hydrogens is 262 g/mol. The van der Waals surface area contributed by atoms with Gasteiger partial charge in [-0.05, 0) is 35.9 Å². The maximum Gasteiger partial charge on any atom is 0.249 e. The molecule has 4 nitrogen and oxygen atoms in total. The highest BCUT2D eigenvalue weighted by Crippen LogP contribution is 2.12. The smallest absolute Gasteiger partial charge is 0.249 e. The Hall–Kier alpha value is -2.33. The first-order valence-electron chi connectivity index (χ1n) is 5.59. The fourth-order valence-electron chi connectivity index (χ4n) is 1.42. The zero-order chi connectivity index (χ0) is 13.7. The number of hydrogen-bond acceptors (Lipinski definition) is 3. The largest absolute Gasteiger partial charge is 0.399 e. The summed E-state index contributed by atoms with van der Waals surface area (Å²) in [5.74, 6) is 0.144. The third-order valence-corrected chi connectivity index (χ3v) is 2.57. The Balaban J connectivity index is 1.99. The Bertz CT molecular complexity index is 608. The van der Waals surface area contributed by atoms with Gasteiger partial charge in [0.2, 0.25) is 5.91 Å². The van der Waals surface area contributed by atoms with E-state index in [9.17, 15) is 4.79 Å². The predicted molar refractivity (Wildman–Crippen MR) is 77.8 cm³/mol. The van der Waals surface area contributed by atoms with Crippen molar-refractivity contribution in [1.29, 1.82) is 0 Å². The minimum Gasteiger partial charge on any atom is -0.399 e. The average molecular weight is 274 g/mol. The molecule has 0 spiro atoms. The van der Waals surface area contributed by atoms with Gasteiger partial charge in [0.05, 0.1) is 0 Å². The number of carbonyl (C=O) groups is 1. The van der Waals surface area contributed by atoms with E-state index in [0.717, 1.165) is 5.56 Å². The van der Waals surface area contributed by atoms with Crippen molar-refractivity contribution in [3.8, 4) is 0 Å². The number of nitrogen functional groups attached to an aromatic ring is 1. The highest BCUT2D eigenvalue weighted by Gasteiger charge is 1.99. The number of halogens is 1. The van der Waals surface area contributed by atoms with Crippen molar-refractivity contribution in [2.45, 2.75) is 0 Å². The molecule has 0 atom stereocenters. The Labute approximate surface area is 115 Å². The molecule has 0 aliphatic rings. The Kier molecular flexibility index (Phi) is 4.15. The van der Waals surface area contributed by atoms with Crippen molar-refractivity contribution in [3.05, 3.63) is 59.3 Å². The Morgan fingerprint density at radius 2 is 2.00 bits per heavy atom. The van der Waals surface area contributed by atoms with E-state index in [-0.39, 0.29) is 5.91 Å². The zero-order valence-corrected chi connectivity index (χ0v) is 10.8. The number of nitrogens with two attached hydrogens (primary N) is 1. The van der Waals surface area contributed by atoms with E-state index >= 15 is 0 Å². The molecule has 0 fully saturated rings. The van der Waals surface area contributed by atoms with Gasteiger partial charge in [-0.2, -0.15) is 0 Å². The summed E-state index contributed by atoms with van der Waals surface area (Å²) in [5, 5.41) is 3.14. The van der Waals surface area contributed by atoms with Gasteiger partial charge in [0.15, 0.2) is 0 Å². The number of aromatic nitrogens is 1. The molecule has 1 heterocycles. The lowest BCUT2D eigenvalue weighted by molar-refractivity contribution is -0.111. The van der Waals surface area contributed by atoms with Crippen molar-refractivity contribution in [2.75, 3.05) is 11.1 Å². The van der Waals surface area contributed by atoms with Gasteiger partial charge >= 0.3 is 0 Å². The summed E-state index contributed by atoms with van der Waals surface area (Å²) in [7, 11) is 0. The van der Waals surface area contributed by atoms with Crippen LogP contribution in [0.25, 0.3) is 6.08 Å². The van der Waals surface area contributed by atoms with Crippen molar-refractivity contribution in [3.63, 3.8) is 0 Å². The minimum atomic E-state index is -0.272. The number of nitrogens with zero attached hydrogens (tertiary/aromatic N) is 1. The van der Waals surface area contributed by atoms with Gasteiger partial charge in [-0.1, -0.05) is 23.7 Å². The third-order valence-electron chi connectivity index (χ3n) is 2.34. The summed E-state index contributed by atoms with van der Waals surface area (Å²) in [6.45, 7) is 0. The van der Waals surface area contributed by atoms with Gasteiger partial charge in [-0.3, -0.25) is 4.79 Å². The monoisotopic (exact) mass is 273 g/mol. The van der Waals surface area contributed by atoms with Crippen LogP contribution in [-0.2, 0) is 4.79 Å². The second kappa shape index (κ2) is 6.02. The van der Waals surface area contributed by atoms with E-state index in [1.807, 2.05) is 12.1 Å². The van der Waals surface area contributed by atoms with Crippen LogP contribution in [0.4, 0.5) is 11.5 Å². The average Bonchev–Trinajstić information content (AvgIpc) is 2.38. The molecule has 2 rings (SSSR count). The van der Waals surface area contributed by atoms with E-state index in [4.69, 9.17) is 17.3 Å². The van der Waals surface area contributed by atoms with Crippen LogP contribution in [0.2, 0.25) is 5.02 Å². The van der Waals surface area contributed by atoms with Crippen molar-refractivity contribution in [2.24, 2.45) is 0 Å².